The van der Waals surface area contributed by atoms with Crippen LogP contribution in [0.5, 0.6) is 0 Å². The number of anilines is 1. The molecule has 0 aromatic heterocycles. The van der Waals surface area contributed by atoms with Crippen LogP contribution in [0.1, 0.15) is 74.2 Å². The molecule has 0 saturated heterocycles. The molecule has 4 heteroatoms. The summed E-state index contributed by atoms with van der Waals surface area (Å²) in [5.41, 5.74) is 9.06. The average Bonchev–Trinajstić information content (AvgIpc) is 3.28. The maximum Gasteiger partial charge on any atom is 0.340 e. The number of hydrogen-bond donors (Lipinski definition) is 0. The number of fused-ring (bicyclic) bond motifs is 1. The molecular weight excluding hydrogens is 485 g/mol. The normalized spacial score (nSPS) is 13.1. The Bertz CT molecular complexity index is 1370. The third kappa shape index (κ3) is 6.75. The highest BCUT2D eigenvalue weighted by molar-refractivity contribution is 6.00. The summed E-state index contributed by atoms with van der Waals surface area (Å²) in [6.45, 7) is 21.4. The van der Waals surface area contributed by atoms with Gasteiger partial charge in [-0.05, 0) is 90.4 Å². The molecule has 3 aromatic carbocycles. The van der Waals surface area contributed by atoms with Crippen LogP contribution in [0, 0.1) is 18.7 Å². The summed E-state index contributed by atoms with van der Waals surface area (Å²) in [5.74, 6) is -0.292. The Morgan fingerprint density at radius 2 is 1.77 bits per heavy atom. The van der Waals surface area contributed by atoms with E-state index >= 15 is 0 Å². The summed E-state index contributed by atoms with van der Waals surface area (Å²) in [4.78, 5) is 15.3. The predicted octanol–water partition coefficient (Wildman–Crippen LogP) is 9.86. The van der Waals surface area contributed by atoms with Gasteiger partial charge in [-0.2, -0.15) is 0 Å². The molecule has 3 nitrogen and oxygen atoms in total. The summed E-state index contributed by atoms with van der Waals surface area (Å²) in [6, 6.07) is 17.2. The second-order valence-corrected chi connectivity index (χ2v) is 9.68. The highest BCUT2D eigenvalue weighted by Crippen LogP contribution is 2.40. The van der Waals surface area contributed by atoms with Gasteiger partial charge in [-0.15, -0.1) is 13.2 Å². The zero-order chi connectivity index (χ0) is 28.0. The lowest BCUT2D eigenvalue weighted by Crippen LogP contribution is -2.19. The van der Waals surface area contributed by atoms with Crippen molar-refractivity contribution in [3.8, 4) is 11.1 Å². The monoisotopic (exact) mass is 527 g/mol. The van der Waals surface area contributed by atoms with Crippen LogP contribution in [0.15, 0.2) is 80.4 Å². The molecule has 1 aliphatic rings. The van der Waals surface area contributed by atoms with E-state index in [1.54, 1.807) is 13.0 Å². The zero-order valence-electron chi connectivity index (χ0n) is 23.2. The minimum absolute atomic E-state index is 0. The summed E-state index contributed by atoms with van der Waals surface area (Å²) >= 11 is 0. The lowest BCUT2D eigenvalue weighted by atomic mass is 9.99. The molecule has 4 rings (SSSR count). The van der Waals surface area contributed by atoms with Crippen LogP contribution in [0.25, 0.3) is 22.4 Å². The number of carbonyl (C=O) groups excluding carboxylic acids is 1. The van der Waals surface area contributed by atoms with Gasteiger partial charge in [0, 0.05) is 17.8 Å². The fraction of sp³-hybridized carbons (Fsp3) is 0.286. The summed E-state index contributed by atoms with van der Waals surface area (Å²) in [5, 5.41) is 0. The van der Waals surface area contributed by atoms with Gasteiger partial charge in [0.2, 0.25) is 0 Å². The Morgan fingerprint density at radius 3 is 2.41 bits per heavy atom. The van der Waals surface area contributed by atoms with E-state index in [1.807, 2.05) is 31.2 Å². The van der Waals surface area contributed by atoms with Crippen molar-refractivity contribution in [3.05, 3.63) is 114 Å². The molecule has 1 heterocycles. The molecular formula is C35H42FNO2. The first-order valence-electron chi connectivity index (χ1n) is 13.0. The van der Waals surface area contributed by atoms with Gasteiger partial charge in [0.1, 0.15) is 5.82 Å². The van der Waals surface area contributed by atoms with Gasteiger partial charge in [-0.25, -0.2) is 9.18 Å². The molecule has 206 valence electrons. The first-order valence-corrected chi connectivity index (χ1v) is 13.0. The number of esters is 1. The van der Waals surface area contributed by atoms with E-state index < -0.39 is 0 Å². The number of ether oxygens (including phenoxy) is 1. The SMILES string of the molecule is C.C=C.C=C1c2cc(/C(C)=C/C)ccc2CN1c1cc(-c2ccc(F)c(C)c2)ccc1C(=O)OCC(C)CC. The quantitative estimate of drug-likeness (QED) is 0.226. The second-order valence-electron chi connectivity index (χ2n) is 9.68. The summed E-state index contributed by atoms with van der Waals surface area (Å²) < 4.78 is 19.6. The van der Waals surface area contributed by atoms with Crippen molar-refractivity contribution < 1.29 is 13.9 Å². The maximum absolute atomic E-state index is 13.9. The first kappa shape index (κ1) is 31.3. The molecule has 0 N–H and O–H groups in total. The maximum atomic E-state index is 13.9. The van der Waals surface area contributed by atoms with Gasteiger partial charge in [-0.1, -0.05) is 64.6 Å². The van der Waals surface area contributed by atoms with Crippen LogP contribution >= 0.6 is 0 Å². The first-order chi connectivity index (χ1) is 18.2. The van der Waals surface area contributed by atoms with Crippen LogP contribution < -0.4 is 4.90 Å². The molecule has 1 unspecified atom stereocenters. The van der Waals surface area contributed by atoms with Gasteiger partial charge >= 0.3 is 5.97 Å². The molecule has 0 bridgehead atoms. The van der Waals surface area contributed by atoms with E-state index in [-0.39, 0.29) is 25.1 Å². The number of benzene rings is 3. The van der Waals surface area contributed by atoms with E-state index in [0.717, 1.165) is 45.6 Å². The molecule has 0 saturated carbocycles. The largest absolute Gasteiger partial charge is 0.462 e. The lowest BCUT2D eigenvalue weighted by Gasteiger charge is -2.24. The smallest absolute Gasteiger partial charge is 0.340 e. The van der Waals surface area contributed by atoms with Crippen molar-refractivity contribution in [2.45, 2.75) is 55.0 Å². The van der Waals surface area contributed by atoms with Gasteiger partial charge in [0.05, 0.1) is 17.9 Å². The topological polar surface area (TPSA) is 29.5 Å². The Labute approximate surface area is 234 Å². The van der Waals surface area contributed by atoms with Gasteiger partial charge in [0.25, 0.3) is 0 Å². The van der Waals surface area contributed by atoms with Crippen molar-refractivity contribution in [2.75, 3.05) is 11.5 Å². The number of rotatable bonds is 7. The Kier molecular flexibility index (Phi) is 11.0. The predicted molar refractivity (Wildman–Crippen MR) is 165 cm³/mol. The summed E-state index contributed by atoms with van der Waals surface area (Å²) in [6.07, 6.45) is 3.03. The zero-order valence-corrected chi connectivity index (χ0v) is 23.2. The van der Waals surface area contributed by atoms with Crippen molar-refractivity contribution in [2.24, 2.45) is 5.92 Å². The molecule has 0 fully saturated rings. The molecule has 0 radical (unpaired) electrons. The standard InChI is InChI=1S/C32H34FNO2.C2H4.CH4/c1-7-20(3)19-36-32(35)28-13-11-26(25-12-14-30(33)22(5)15-25)17-31(28)34-18-27-10-9-24(21(4)8-2)16-29(27)23(34)6;1-2;/h8-17,20H,6-7,18-19H2,1-5H3;1-2H2;1H4/b21-8+;;. The number of hydrogen-bond acceptors (Lipinski definition) is 3. The molecule has 0 spiro atoms. The highest BCUT2D eigenvalue weighted by Gasteiger charge is 2.28. The van der Waals surface area contributed by atoms with Crippen molar-refractivity contribution in [1.29, 1.82) is 0 Å². The molecule has 0 aliphatic carbocycles. The number of aryl methyl sites for hydroxylation is 1. The van der Waals surface area contributed by atoms with Crippen molar-refractivity contribution >= 4 is 22.9 Å². The van der Waals surface area contributed by atoms with E-state index in [0.29, 0.717) is 24.3 Å². The van der Waals surface area contributed by atoms with Crippen LogP contribution in [-0.4, -0.2) is 12.6 Å². The number of halogens is 1. The third-order valence-electron chi connectivity index (χ3n) is 7.16. The van der Waals surface area contributed by atoms with E-state index in [1.165, 1.54) is 11.6 Å². The molecule has 3 aromatic rings. The van der Waals surface area contributed by atoms with Crippen LogP contribution in [0.4, 0.5) is 10.1 Å². The van der Waals surface area contributed by atoms with Crippen LogP contribution in [0.3, 0.4) is 0 Å². The van der Waals surface area contributed by atoms with Gasteiger partial charge in [-0.3, -0.25) is 0 Å². The summed E-state index contributed by atoms with van der Waals surface area (Å²) in [7, 11) is 0. The van der Waals surface area contributed by atoms with Gasteiger partial charge < -0.3 is 9.64 Å². The minimum atomic E-state index is -0.346. The molecule has 1 aliphatic heterocycles. The van der Waals surface area contributed by atoms with E-state index in [9.17, 15) is 9.18 Å². The van der Waals surface area contributed by atoms with E-state index in [2.05, 4.69) is 69.7 Å². The Morgan fingerprint density at radius 1 is 1.10 bits per heavy atom. The average molecular weight is 528 g/mol. The Balaban J connectivity index is 0.00000174. The minimum Gasteiger partial charge on any atom is -0.462 e. The molecule has 0 amide bonds. The fourth-order valence-corrected chi connectivity index (χ4v) is 4.38. The van der Waals surface area contributed by atoms with Crippen molar-refractivity contribution in [3.63, 3.8) is 0 Å². The van der Waals surface area contributed by atoms with Crippen molar-refractivity contribution in [1.82, 2.24) is 0 Å². The van der Waals surface area contributed by atoms with Crippen LogP contribution in [0.2, 0.25) is 0 Å². The second kappa shape index (κ2) is 13.7. The Hall–Kier alpha value is -3.92. The molecule has 1 atom stereocenters. The number of carbonyl (C=O) groups is 1. The van der Waals surface area contributed by atoms with Gasteiger partial charge in [0.15, 0.2) is 0 Å². The number of allylic oxidation sites excluding steroid dienone is 2. The van der Waals surface area contributed by atoms with E-state index in [4.69, 9.17) is 4.74 Å². The lowest BCUT2D eigenvalue weighted by molar-refractivity contribution is 0.0448. The third-order valence-corrected chi connectivity index (χ3v) is 7.16. The highest BCUT2D eigenvalue weighted by atomic mass is 19.1. The molecule has 39 heavy (non-hydrogen) atoms. The fourth-order valence-electron chi connectivity index (χ4n) is 4.38. The van der Waals surface area contributed by atoms with Crippen LogP contribution in [-0.2, 0) is 11.3 Å². The number of nitrogens with zero attached hydrogens (tertiary/aromatic N) is 1.